The van der Waals surface area contributed by atoms with Gasteiger partial charge >= 0.3 is 0 Å². The van der Waals surface area contributed by atoms with E-state index in [1.165, 1.54) is 0 Å². The Morgan fingerprint density at radius 1 is 0.969 bits per heavy atom. The largest absolute Gasteiger partial charge is 0.493 e. The molecule has 4 rings (SSSR count). The van der Waals surface area contributed by atoms with Crippen molar-refractivity contribution < 1.29 is 14.3 Å². The maximum absolute atomic E-state index is 12.6. The minimum Gasteiger partial charge on any atom is -0.493 e. The van der Waals surface area contributed by atoms with E-state index in [1.54, 1.807) is 25.5 Å². The number of benzene rings is 4. The number of ether oxygens (including phenoxy) is 2. The van der Waals surface area contributed by atoms with Crippen LogP contribution in [-0.2, 0) is 6.61 Å². The van der Waals surface area contributed by atoms with Gasteiger partial charge in [-0.25, -0.2) is 5.43 Å². The van der Waals surface area contributed by atoms with Gasteiger partial charge in [-0.05, 0) is 58.3 Å². The predicted molar refractivity (Wildman–Crippen MR) is 128 cm³/mol. The molecule has 5 nitrogen and oxygen atoms in total. The van der Waals surface area contributed by atoms with Gasteiger partial charge in [0.05, 0.1) is 13.3 Å². The number of carbonyl (C=O) groups is 1. The van der Waals surface area contributed by atoms with Crippen molar-refractivity contribution in [3.8, 4) is 11.5 Å². The molecule has 4 aromatic carbocycles. The molecule has 0 aromatic heterocycles. The molecule has 4 aromatic rings. The van der Waals surface area contributed by atoms with Crippen LogP contribution in [0.4, 0.5) is 0 Å². The van der Waals surface area contributed by atoms with Crippen molar-refractivity contribution in [2.75, 3.05) is 7.11 Å². The standard InChI is InChI=1S/C26H21ClN2O3/c1-31-25-15-19(11-14-24(25)32-17-18-9-12-21(27)13-10-18)16-28-29-26(30)23-8-4-6-20-5-2-3-7-22(20)23/h2-16H,17H2,1H3,(H,29,30). The summed E-state index contributed by atoms with van der Waals surface area (Å²) in [6.07, 6.45) is 1.56. The van der Waals surface area contributed by atoms with Gasteiger partial charge in [0.25, 0.3) is 5.91 Å². The topological polar surface area (TPSA) is 59.9 Å². The lowest BCUT2D eigenvalue weighted by atomic mass is 10.0. The molecule has 160 valence electrons. The number of rotatable bonds is 7. The Morgan fingerprint density at radius 3 is 2.56 bits per heavy atom. The summed E-state index contributed by atoms with van der Waals surface area (Å²) in [6.45, 7) is 0.391. The second-order valence-corrected chi connectivity index (χ2v) is 7.49. The molecule has 0 aliphatic carbocycles. The molecule has 0 bridgehead atoms. The molecular formula is C26H21ClN2O3. The van der Waals surface area contributed by atoms with Gasteiger partial charge in [0.1, 0.15) is 6.61 Å². The molecule has 0 heterocycles. The van der Waals surface area contributed by atoms with Gasteiger partial charge < -0.3 is 9.47 Å². The Balaban J connectivity index is 1.42. The minimum atomic E-state index is -0.270. The number of fused-ring (bicyclic) bond motifs is 1. The number of carbonyl (C=O) groups excluding carboxylic acids is 1. The van der Waals surface area contributed by atoms with Crippen molar-refractivity contribution in [1.29, 1.82) is 0 Å². The molecule has 0 aliphatic rings. The molecule has 0 radical (unpaired) electrons. The van der Waals surface area contributed by atoms with Crippen molar-refractivity contribution >= 4 is 34.5 Å². The normalized spacial score (nSPS) is 10.9. The van der Waals surface area contributed by atoms with Crippen LogP contribution < -0.4 is 14.9 Å². The first kappa shape index (κ1) is 21.4. The Kier molecular flexibility index (Phi) is 6.68. The molecular weight excluding hydrogens is 424 g/mol. The zero-order valence-electron chi connectivity index (χ0n) is 17.4. The van der Waals surface area contributed by atoms with E-state index in [0.717, 1.165) is 21.9 Å². The molecule has 0 saturated heterocycles. The second-order valence-electron chi connectivity index (χ2n) is 7.05. The number of hydrazone groups is 1. The third kappa shape index (κ3) is 5.07. The Hall–Kier alpha value is -3.83. The van der Waals surface area contributed by atoms with Crippen LogP contribution in [0, 0.1) is 0 Å². The third-order valence-corrected chi connectivity index (χ3v) is 5.16. The SMILES string of the molecule is COc1cc(C=NNC(=O)c2cccc3ccccc23)ccc1OCc1ccc(Cl)cc1. The van der Waals surface area contributed by atoms with Gasteiger partial charge in [-0.1, -0.05) is 60.1 Å². The summed E-state index contributed by atoms with van der Waals surface area (Å²) in [5.74, 6) is 0.913. The molecule has 0 spiro atoms. The first-order valence-corrected chi connectivity index (χ1v) is 10.4. The van der Waals surface area contributed by atoms with E-state index in [2.05, 4.69) is 10.5 Å². The van der Waals surface area contributed by atoms with Crippen LogP contribution in [0.25, 0.3) is 10.8 Å². The average Bonchev–Trinajstić information content (AvgIpc) is 2.83. The zero-order valence-corrected chi connectivity index (χ0v) is 18.2. The fourth-order valence-corrected chi connectivity index (χ4v) is 3.40. The van der Waals surface area contributed by atoms with Gasteiger partial charge in [-0.2, -0.15) is 5.10 Å². The van der Waals surface area contributed by atoms with Crippen LogP contribution in [0.15, 0.2) is 90.0 Å². The third-order valence-electron chi connectivity index (χ3n) is 4.91. The van der Waals surface area contributed by atoms with E-state index in [0.29, 0.717) is 28.7 Å². The smallest absolute Gasteiger partial charge is 0.271 e. The molecule has 0 fully saturated rings. The van der Waals surface area contributed by atoms with E-state index in [4.69, 9.17) is 21.1 Å². The van der Waals surface area contributed by atoms with Crippen molar-refractivity contribution in [1.82, 2.24) is 5.43 Å². The Morgan fingerprint density at radius 2 is 1.75 bits per heavy atom. The van der Waals surface area contributed by atoms with Crippen LogP contribution in [0.3, 0.4) is 0 Å². The number of hydrogen-bond donors (Lipinski definition) is 1. The van der Waals surface area contributed by atoms with E-state index in [-0.39, 0.29) is 5.91 Å². The van der Waals surface area contributed by atoms with Gasteiger partial charge in [0.2, 0.25) is 0 Å². The average molecular weight is 445 g/mol. The second kappa shape index (κ2) is 9.98. The monoisotopic (exact) mass is 444 g/mol. The molecule has 32 heavy (non-hydrogen) atoms. The first-order valence-electron chi connectivity index (χ1n) is 10.0. The molecule has 0 unspecified atom stereocenters. The predicted octanol–water partition coefficient (Wildman–Crippen LogP) is 5.84. The Labute approximate surface area is 191 Å². The van der Waals surface area contributed by atoms with E-state index >= 15 is 0 Å². The highest BCUT2D eigenvalue weighted by molar-refractivity contribution is 6.30. The number of hydrogen-bond acceptors (Lipinski definition) is 4. The summed E-state index contributed by atoms with van der Waals surface area (Å²) in [5, 5.41) is 6.66. The lowest BCUT2D eigenvalue weighted by molar-refractivity contribution is 0.0957. The molecule has 6 heteroatoms. The summed E-state index contributed by atoms with van der Waals surface area (Å²) in [6, 6.07) is 26.3. The highest BCUT2D eigenvalue weighted by atomic mass is 35.5. The maximum atomic E-state index is 12.6. The van der Waals surface area contributed by atoms with E-state index < -0.39 is 0 Å². The summed E-state index contributed by atoms with van der Waals surface area (Å²) in [7, 11) is 1.58. The quantitative estimate of drug-likeness (QED) is 0.287. The summed E-state index contributed by atoms with van der Waals surface area (Å²) >= 11 is 5.92. The van der Waals surface area contributed by atoms with Crippen molar-refractivity contribution in [2.24, 2.45) is 5.10 Å². The molecule has 0 saturated carbocycles. The lowest BCUT2D eigenvalue weighted by Gasteiger charge is -2.11. The van der Waals surface area contributed by atoms with Gasteiger partial charge in [0.15, 0.2) is 11.5 Å². The van der Waals surface area contributed by atoms with E-state index in [1.807, 2.05) is 72.8 Å². The van der Waals surface area contributed by atoms with Gasteiger partial charge in [0, 0.05) is 10.6 Å². The first-order chi connectivity index (χ1) is 15.6. The number of halogens is 1. The van der Waals surface area contributed by atoms with Crippen LogP contribution >= 0.6 is 11.6 Å². The van der Waals surface area contributed by atoms with Crippen LogP contribution in [0.5, 0.6) is 11.5 Å². The lowest BCUT2D eigenvalue weighted by Crippen LogP contribution is -2.17. The summed E-state index contributed by atoms with van der Waals surface area (Å²) < 4.78 is 11.3. The Bertz CT molecular complexity index is 1260. The number of nitrogens with one attached hydrogen (secondary N) is 1. The summed E-state index contributed by atoms with van der Waals surface area (Å²) in [4.78, 5) is 12.6. The number of amides is 1. The molecule has 1 amide bonds. The van der Waals surface area contributed by atoms with Gasteiger partial charge in [-0.3, -0.25) is 4.79 Å². The minimum absolute atomic E-state index is 0.270. The fraction of sp³-hybridized carbons (Fsp3) is 0.0769. The van der Waals surface area contributed by atoms with Crippen LogP contribution in [-0.4, -0.2) is 19.2 Å². The van der Waals surface area contributed by atoms with Crippen molar-refractivity contribution in [3.63, 3.8) is 0 Å². The highest BCUT2D eigenvalue weighted by Gasteiger charge is 2.09. The van der Waals surface area contributed by atoms with E-state index in [9.17, 15) is 4.79 Å². The molecule has 1 N–H and O–H groups in total. The summed E-state index contributed by atoms with van der Waals surface area (Å²) in [5.41, 5.74) is 4.92. The molecule has 0 aliphatic heterocycles. The zero-order chi connectivity index (χ0) is 22.3. The fourth-order valence-electron chi connectivity index (χ4n) is 3.27. The van der Waals surface area contributed by atoms with Crippen LogP contribution in [0.2, 0.25) is 5.02 Å². The highest BCUT2D eigenvalue weighted by Crippen LogP contribution is 2.28. The van der Waals surface area contributed by atoms with Gasteiger partial charge in [-0.15, -0.1) is 0 Å². The number of methoxy groups -OCH3 is 1. The van der Waals surface area contributed by atoms with Crippen molar-refractivity contribution in [3.05, 3.63) is 107 Å². The maximum Gasteiger partial charge on any atom is 0.271 e. The number of nitrogens with zero attached hydrogens (tertiary/aromatic N) is 1. The molecule has 0 atom stereocenters. The van der Waals surface area contributed by atoms with Crippen molar-refractivity contribution in [2.45, 2.75) is 6.61 Å². The van der Waals surface area contributed by atoms with Crippen LogP contribution in [0.1, 0.15) is 21.5 Å².